The van der Waals surface area contributed by atoms with Gasteiger partial charge in [0.05, 0.1) is 0 Å². The number of halogens is 1. The summed E-state index contributed by atoms with van der Waals surface area (Å²) in [4.78, 5) is 0. The van der Waals surface area contributed by atoms with Crippen molar-refractivity contribution in [3.8, 4) is 0 Å². The minimum Gasteiger partial charge on any atom is -0.0922 e. The molecule has 0 N–H and O–H groups in total. The lowest BCUT2D eigenvalue weighted by Gasteiger charge is -2.25. The molecule has 2 aliphatic rings. The van der Waals surface area contributed by atoms with Crippen LogP contribution in [0, 0.1) is 11.3 Å². The first-order valence-corrected chi connectivity index (χ1v) is 5.20. The minimum atomic E-state index is 0.653. The Morgan fingerprint density at radius 3 is 2.30 bits per heavy atom. The van der Waals surface area contributed by atoms with Crippen LogP contribution >= 0.6 is 15.9 Å². The van der Waals surface area contributed by atoms with E-state index < -0.39 is 0 Å². The molecule has 0 aromatic rings. The second kappa shape index (κ2) is 2.37. The van der Waals surface area contributed by atoms with Crippen LogP contribution in [0.4, 0.5) is 0 Å². The van der Waals surface area contributed by atoms with Gasteiger partial charge in [-0.05, 0) is 37.0 Å². The van der Waals surface area contributed by atoms with E-state index in [9.17, 15) is 0 Å². The minimum absolute atomic E-state index is 0.653. The third kappa shape index (κ3) is 0.952. The van der Waals surface area contributed by atoms with Crippen molar-refractivity contribution in [3.63, 3.8) is 0 Å². The molecule has 2 rings (SSSR count). The smallest absolute Gasteiger partial charge is 0.00965 e. The number of allylic oxidation sites excluding steroid dienone is 2. The van der Waals surface area contributed by atoms with Crippen LogP contribution in [0.15, 0.2) is 12.2 Å². The van der Waals surface area contributed by atoms with Crippen molar-refractivity contribution in [3.05, 3.63) is 12.2 Å². The molecule has 10 heavy (non-hydrogen) atoms. The summed E-state index contributed by atoms with van der Waals surface area (Å²) in [5.41, 5.74) is 0.653. The van der Waals surface area contributed by atoms with Crippen molar-refractivity contribution >= 4 is 15.9 Å². The Balaban J connectivity index is 2.07. The van der Waals surface area contributed by atoms with Crippen LogP contribution in [0.25, 0.3) is 0 Å². The molecular formula is C9H13Br. The first-order chi connectivity index (χ1) is 4.87. The highest BCUT2D eigenvalue weighted by Crippen LogP contribution is 2.53. The second-order valence-corrected chi connectivity index (χ2v) is 4.21. The average molecular weight is 201 g/mol. The maximum atomic E-state index is 3.63. The zero-order valence-electron chi connectivity index (χ0n) is 6.15. The lowest BCUT2D eigenvalue weighted by atomic mass is 9.82. The second-order valence-electron chi connectivity index (χ2n) is 3.65. The van der Waals surface area contributed by atoms with Crippen molar-refractivity contribution in [1.29, 1.82) is 0 Å². The largest absolute Gasteiger partial charge is 0.0922 e. The molecule has 1 saturated carbocycles. The summed E-state index contributed by atoms with van der Waals surface area (Å²) in [7, 11) is 0. The summed E-state index contributed by atoms with van der Waals surface area (Å²) < 4.78 is 0. The van der Waals surface area contributed by atoms with E-state index in [0.29, 0.717) is 5.41 Å². The Labute approximate surface area is 70.8 Å². The van der Waals surface area contributed by atoms with Crippen molar-refractivity contribution < 1.29 is 0 Å². The molecule has 0 aromatic heterocycles. The van der Waals surface area contributed by atoms with E-state index in [2.05, 4.69) is 28.1 Å². The predicted molar refractivity (Wildman–Crippen MR) is 47.3 cm³/mol. The molecule has 0 heterocycles. The van der Waals surface area contributed by atoms with Gasteiger partial charge in [0.15, 0.2) is 0 Å². The molecule has 2 aliphatic carbocycles. The molecular weight excluding hydrogens is 188 g/mol. The molecule has 0 aromatic carbocycles. The summed E-state index contributed by atoms with van der Waals surface area (Å²) in [6.07, 6.45) is 10.3. The molecule has 0 unspecified atom stereocenters. The molecule has 0 saturated heterocycles. The number of alkyl halides is 1. The van der Waals surface area contributed by atoms with Crippen LogP contribution in [-0.4, -0.2) is 5.33 Å². The Hall–Kier alpha value is 0.220. The summed E-state index contributed by atoms with van der Waals surface area (Å²) in [6, 6.07) is 0. The summed E-state index contributed by atoms with van der Waals surface area (Å²) >= 11 is 3.63. The van der Waals surface area contributed by atoms with E-state index in [1.807, 2.05) is 0 Å². The number of hydrogen-bond acceptors (Lipinski definition) is 0. The van der Waals surface area contributed by atoms with Gasteiger partial charge in [0.2, 0.25) is 0 Å². The van der Waals surface area contributed by atoms with Crippen molar-refractivity contribution in [1.82, 2.24) is 0 Å². The van der Waals surface area contributed by atoms with Gasteiger partial charge in [-0.15, -0.1) is 0 Å². The number of hydrogen-bond donors (Lipinski definition) is 0. The number of rotatable bonds is 2. The third-order valence-electron chi connectivity index (χ3n) is 2.92. The Morgan fingerprint density at radius 1 is 1.30 bits per heavy atom. The van der Waals surface area contributed by atoms with Gasteiger partial charge < -0.3 is 0 Å². The van der Waals surface area contributed by atoms with E-state index in [0.717, 1.165) is 5.92 Å². The summed E-state index contributed by atoms with van der Waals surface area (Å²) in [5.74, 6) is 1.04. The molecule has 0 atom stereocenters. The zero-order chi connectivity index (χ0) is 7.03. The Morgan fingerprint density at radius 2 is 1.90 bits per heavy atom. The Kier molecular flexibility index (Phi) is 1.63. The summed E-state index contributed by atoms with van der Waals surface area (Å²) in [5, 5.41) is 1.21. The van der Waals surface area contributed by atoms with E-state index in [1.54, 1.807) is 0 Å². The SMILES string of the molecule is BrCC1(C2CC2)CC=CC1. The van der Waals surface area contributed by atoms with E-state index >= 15 is 0 Å². The maximum absolute atomic E-state index is 3.63. The first-order valence-electron chi connectivity index (χ1n) is 4.08. The van der Waals surface area contributed by atoms with Gasteiger partial charge in [0, 0.05) is 5.33 Å². The predicted octanol–water partition coefficient (Wildman–Crippen LogP) is 3.13. The van der Waals surface area contributed by atoms with Crippen LogP contribution in [0.3, 0.4) is 0 Å². The molecule has 0 amide bonds. The summed E-state index contributed by atoms with van der Waals surface area (Å²) in [6.45, 7) is 0. The van der Waals surface area contributed by atoms with Crippen molar-refractivity contribution in [2.75, 3.05) is 5.33 Å². The maximum Gasteiger partial charge on any atom is 0.00965 e. The van der Waals surface area contributed by atoms with Gasteiger partial charge in [0.25, 0.3) is 0 Å². The average Bonchev–Trinajstić information content (AvgIpc) is 2.71. The fourth-order valence-electron chi connectivity index (χ4n) is 1.97. The molecule has 1 heteroatoms. The fraction of sp³-hybridized carbons (Fsp3) is 0.778. The monoisotopic (exact) mass is 200 g/mol. The standard InChI is InChI=1S/C9H13Br/c10-7-9(8-3-4-8)5-1-2-6-9/h1-2,8H,3-7H2. The van der Waals surface area contributed by atoms with Crippen LogP contribution in [-0.2, 0) is 0 Å². The zero-order valence-corrected chi connectivity index (χ0v) is 7.73. The molecule has 0 bridgehead atoms. The fourth-order valence-corrected chi connectivity index (χ4v) is 2.88. The van der Waals surface area contributed by atoms with Crippen LogP contribution in [0.5, 0.6) is 0 Å². The van der Waals surface area contributed by atoms with Crippen LogP contribution in [0.2, 0.25) is 0 Å². The Bertz CT molecular complexity index is 148. The van der Waals surface area contributed by atoms with Gasteiger partial charge >= 0.3 is 0 Å². The third-order valence-corrected chi connectivity index (χ3v) is 4.04. The normalized spacial score (nSPS) is 29.3. The van der Waals surface area contributed by atoms with Crippen molar-refractivity contribution in [2.24, 2.45) is 11.3 Å². The highest BCUT2D eigenvalue weighted by molar-refractivity contribution is 9.09. The van der Waals surface area contributed by atoms with E-state index in [4.69, 9.17) is 0 Å². The lowest BCUT2D eigenvalue weighted by molar-refractivity contribution is 0.308. The molecule has 0 spiro atoms. The van der Waals surface area contributed by atoms with Gasteiger partial charge in [-0.3, -0.25) is 0 Å². The topological polar surface area (TPSA) is 0 Å². The molecule has 0 nitrogen and oxygen atoms in total. The quantitative estimate of drug-likeness (QED) is 0.475. The van der Waals surface area contributed by atoms with Crippen molar-refractivity contribution in [2.45, 2.75) is 25.7 Å². The highest BCUT2D eigenvalue weighted by atomic mass is 79.9. The molecule has 0 aliphatic heterocycles. The highest BCUT2D eigenvalue weighted by Gasteiger charge is 2.44. The van der Waals surface area contributed by atoms with Gasteiger partial charge in [-0.2, -0.15) is 0 Å². The van der Waals surface area contributed by atoms with Crippen LogP contribution < -0.4 is 0 Å². The lowest BCUT2D eigenvalue weighted by Crippen LogP contribution is -2.21. The molecule has 1 fully saturated rings. The molecule has 0 radical (unpaired) electrons. The van der Waals surface area contributed by atoms with E-state index in [-0.39, 0.29) is 0 Å². The first kappa shape index (κ1) is 6.90. The van der Waals surface area contributed by atoms with Crippen LogP contribution in [0.1, 0.15) is 25.7 Å². The van der Waals surface area contributed by atoms with E-state index in [1.165, 1.54) is 31.0 Å². The molecule has 56 valence electrons. The van der Waals surface area contributed by atoms with Gasteiger partial charge in [-0.25, -0.2) is 0 Å². The van der Waals surface area contributed by atoms with Gasteiger partial charge in [-0.1, -0.05) is 28.1 Å². The van der Waals surface area contributed by atoms with Gasteiger partial charge in [0.1, 0.15) is 0 Å².